The molecule has 0 atom stereocenters. The van der Waals surface area contributed by atoms with Crippen LogP contribution in [-0.4, -0.2) is 30.3 Å². The Labute approximate surface area is 149 Å². The maximum absolute atomic E-state index is 11.6. The molecule has 1 N–H and O–H groups in total. The fourth-order valence-electron chi connectivity index (χ4n) is 2.96. The van der Waals surface area contributed by atoms with Gasteiger partial charge in [0.05, 0.1) is 11.3 Å². The second kappa shape index (κ2) is 7.87. The minimum Gasteiger partial charge on any atom is -0.481 e. The minimum atomic E-state index is -3.23. The first-order chi connectivity index (χ1) is 11.7. The first-order valence-corrected chi connectivity index (χ1v) is 10.3. The van der Waals surface area contributed by atoms with E-state index in [4.69, 9.17) is 5.11 Å². The maximum Gasteiger partial charge on any atom is 0.307 e. The molecule has 2 rings (SSSR count). The third-order valence-electron chi connectivity index (χ3n) is 4.38. The summed E-state index contributed by atoms with van der Waals surface area (Å²) in [6.45, 7) is 4.91. The molecule has 1 aromatic heterocycles. The molecule has 0 radical (unpaired) electrons. The molecule has 0 fully saturated rings. The van der Waals surface area contributed by atoms with Gasteiger partial charge in [0, 0.05) is 24.2 Å². The van der Waals surface area contributed by atoms with Gasteiger partial charge in [-0.15, -0.1) is 0 Å². The van der Waals surface area contributed by atoms with E-state index in [0.29, 0.717) is 0 Å². The molecule has 0 bridgehead atoms. The molecule has 5 nitrogen and oxygen atoms in total. The Morgan fingerprint density at radius 1 is 1.16 bits per heavy atom. The van der Waals surface area contributed by atoms with Crippen molar-refractivity contribution in [2.24, 2.45) is 0 Å². The predicted molar refractivity (Wildman–Crippen MR) is 98.6 cm³/mol. The number of carbonyl (C=O) groups is 1. The van der Waals surface area contributed by atoms with Gasteiger partial charge < -0.3 is 9.67 Å². The molecular weight excluding hydrogens is 338 g/mol. The zero-order valence-electron chi connectivity index (χ0n) is 14.9. The van der Waals surface area contributed by atoms with E-state index in [1.807, 2.05) is 13.0 Å². The second-order valence-corrected chi connectivity index (χ2v) is 8.38. The molecule has 2 aromatic rings. The summed E-state index contributed by atoms with van der Waals surface area (Å²) in [6, 6.07) is 8.67. The average Bonchev–Trinajstić information content (AvgIpc) is 2.83. The molecule has 136 valence electrons. The van der Waals surface area contributed by atoms with E-state index in [-0.39, 0.29) is 11.3 Å². The van der Waals surface area contributed by atoms with Gasteiger partial charge in [-0.25, -0.2) is 8.42 Å². The quantitative estimate of drug-likeness (QED) is 0.726. The van der Waals surface area contributed by atoms with Gasteiger partial charge in [0.25, 0.3) is 0 Å². The second-order valence-electron chi connectivity index (χ2n) is 6.37. The van der Waals surface area contributed by atoms with Crippen LogP contribution in [0, 0.1) is 6.92 Å². The number of aliphatic carboxylic acids is 1. The molecule has 1 heterocycles. The van der Waals surface area contributed by atoms with E-state index in [1.165, 1.54) is 6.26 Å². The van der Waals surface area contributed by atoms with Gasteiger partial charge in [0.2, 0.25) is 0 Å². The molecule has 6 heteroatoms. The van der Waals surface area contributed by atoms with Crippen LogP contribution in [0.5, 0.6) is 0 Å². The number of unbranched alkanes of at least 4 members (excludes halogenated alkanes) is 2. The van der Waals surface area contributed by atoms with Crippen molar-refractivity contribution < 1.29 is 18.3 Å². The number of rotatable bonds is 8. The molecule has 1 aromatic carbocycles. The largest absolute Gasteiger partial charge is 0.481 e. The van der Waals surface area contributed by atoms with Gasteiger partial charge in [-0.3, -0.25) is 4.79 Å². The summed E-state index contributed by atoms with van der Waals surface area (Å²) in [5, 5.41) is 9.13. The van der Waals surface area contributed by atoms with Crippen molar-refractivity contribution in [2.75, 3.05) is 6.26 Å². The zero-order chi connectivity index (χ0) is 18.6. The molecule has 0 spiro atoms. The first-order valence-electron chi connectivity index (χ1n) is 8.45. The van der Waals surface area contributed by atoms with Crippen LogP contribution in [0.4, 0.5) is 0 Å². The van der Waals surface area contributed by atoms with Crippen LogP contribution in [0.15, 0.2) is 35.2 Å². The van der Waals surface area contributed by atoms with Crippen LogP contribution in [0.2, 0.25) is 0 Å². The Bertz CT molecular complexity index is 848. The van der Waals surface area contributed by atoms with Gasteiger partial charge >= 0.3 is 5.97 Å². The first kappa shape index (κ1) is 19.2. The average molecular weight is 363 g/mol. The molecule has 0 saturated carbocycles. The smallest absolute Gasteiger partial charge is 0.307 e. The molecule has 0 unspecified atom stereocenters. The monoisotopic (exact) mass is 363 g/mol. The molecule has 0 amide bonds. The summed E-state index contributed by atoms with van der Waals surface area (Å²) in [4.78, 5) is 11.4. The number of sulfone groups is 1. The molecule has 0 saturated heterocycles. The Morgan fingerprint density at radius 3 is 2.32 bits per heavy atom. The highest BCUT2D eigenvalue weighted by Crippen LogP contribution is 2.28. The lowest BCUT2D eigenvalue weighted by Gasteiger charge is -2.12. The number of carboxylic acids is 1. The fourth-order valence-corrected chi connectivity index (χ4v) is 3.59. The summed E-state index contributed by atoms with van der Waals surface area (Å²) in [5.74, 6) is -0.854. The van der Waals surface area contributed by atoms with Crippen LogP contribution in [-0.2, 0) is 27.6 Å². The maximum atomic E-state index is 11.6. The lowest BCUT2D eigenvalue weighted by atomic mass is 10.1. The molecule has 25 heavy (non-hydrogen) atoms. The summed E-state index contributed by atoms with van der Waals surface area (Å²) < 4.78 is 25.4. The Morgan fingerprint density at radius 2 is 1.80 bits per heavy atom. The molecule has 0 aliphatic heterocycles. The Kier molecular flexibility index (Phi) is 6.06. The van der Waals surface area contributed by atoms with E-state index >= 15 is 0 Å². The van der Waals surface area contributed by atoms with Crippen molar-refractivity contribution in [2.45, 2.75) is 51.0 Å². The number of nitrogens with zero attached hydrogens (tertiary/aromatic N) is 1. The zero-order valence-corrected chi connectivity index (χ0v) is 15.8. The van der Waals surface area contributed by atoms with Crippen LogP contribution < -0.4 is 0 Å². The van der Waals surface area contributed by atoms with Crippen molar-refractivity contribution >= 4 is 15.8 Å². The van der Waals surface area contributed by atoms with Crippen molar-refractivity contribution in [1.29, 1.82) is 0 Å². The fraction of sp³-hybridized carbons (Fsp3) is 0.421. The lowest BCUT2D eigenvalue weighted by Crippen LogP contribution is -2.05. The summed E-state index contributed by atoms with van der Waals surface area (Å²) in [7, 11) is -3.23. The summed E-state index contributed by atoms with van der Waals surface area (Å²) >= 11 is 0. The van der Waals surface area contributed by atoms with Gasteiger partial charge in [-0.2, -0.15) is 0 Å². The summed E-state index contributed by atoms with van der Waals surface area (Å²) in [5.41, 5.74) is 3.58. The predicted octanol–water partition coefficient (Wildman–Crippen LogP) is 3.68. The lowest BCUT2D eigenvalue weighted by molar-refractivity contribution is -0.136. The van der Waals surface area contributed by atoms with Crippen molar-refractivity contribution in [3.8, 4) is 11.3 Å². The van der Waals surface area contributed by atoms with Crippen LogP contribution in [0.3, 0.4) is 0 Å². The van der Waals surface area contributed by atoms with Crippen molar-refractivity contribution in [3.05, 3.63) is 41.6 Å². The van der Waals surface area contributed by atoms with Gasteiger partial charge in [-0.1, -0.05) is 31.9 Å². The van der Waals surface area contributed by atoms with E-state index in [0.717, 1.165) is 48.3 Å². The van der Waals surface area contributed by atoms with E-state index < -0.39 is 15.8 Å². The highest BCUT2D eigenvalue weighted by atomic mass is 32.2. The van der Waals surface area contributed by atoms with E-state index in [2.05, 4.69) is 11.5 Å². The SMILES string of the molecule is CCCCCn1c(-c2ccc(S(C)(=O)=O)cc2)cc(CC(=O)O)c1C. The number of hydrogen-bond acceptors (Lipinski definition) is 3. The Balaban J connectivity index is 2.45. The van der Waals surface area contributed by atoms with Gasteiger partial charge in [-0.05, 0) is 42.7 Å². The van der Waals surface area contributed by atoms with E-state index in [9.17, 15) is 13.2 Å². The van der Waals surface area contributed by atoms with Crippen LogP contribution in [0.25, 0.3) is 11.3 Å². The topological polar surface area (TPSA) is 76.4 Å². The minimum absolute atomic E-state index is 0.0129. The summed E-state index contributed by atoms with van der Waals surface area (Å²) in [6.07, 6.45) is 4.41. The van der Waals surface area contributed by atoms with Crippen molar-refractivity contribution in [1.82, 2.24) is 4.57 Å². The highest BCUT2D eigenvalue weighted by Gasteiger charge is 2.16. The number of carboxylic acid groups (broad SMARTS) is 1. The third kappa shape index (κ3) is 4.72. The number of benzene rings is 1. The highest BCUT2D eigenvalue weighted by molar-refractivity contribution is 7.90. The normalized spacial score (nSPS) is 11.6. The van der Waals surface area contributed by atoms with Gasteiger partial charge in [0.15, 0.2) is 9.84 Å². The molecule has 0 aliphatic rings. The van der Waals surface area contributed by atoms with Gasteiger partial charge in [0.1, 0.15) is 0 Å². The van der Waals surface area contributed by atoms with E-state index in [1.54, 1.807) is 24.3 Å². The van der Waals surface area contributed by atoms with Crippen molar-refractivity contribution in [3.63, 3.8) is 0 Å². The number of hydrogen-bond donors (Lipinski definition) is 1. The molecular formula is C19H25NO4S. The third-order valence-corrected chi connectivity index (χ3v) is 5.50. The van der Waals surface area contributed by atoms with Crippen LogP contribution >= 0.6 is 0 Å². The number of aromatic nitrogens is 1. The standard InChI is InChI=1S/C19H25NO4S/c1-4-5-6-11-20-14(2)16(13-19(21)22)12-18(20)15-7-9-17(10-8-15)25(3,23)24/h7-10,12H,4-6,11,13H2,1-3H3,(H,21,22). The molecule has 0 aliphatic carbocycles. The Hall–Kier alpha value is -2.08. The van der Waals surface area contributed by atoms with Crippen LogP contribution in [0.1, 0.15) is 37.4 Å².